The zero-order valence-corrected chi connectivity index (χ0v) is 15.8. The minimum absolute atomic E-state index is 0.0940. The largest absolute Gasteiger partial charge is 0.494 e. The number of piperidine rings is 1. The Morgan fingerprint density at radius 1 is 0.778 bits per heavy atom. The Labute approximate surface area is 160 Å². The van der Waals surface area contributed by atoms with E-state index in [-0.39, 0.29) is 5.78 Å². The third-order valence-corrected chi connectivity index (χ3v) is 4.28. The van der Waals surface area contributed by atoms with Gasteiger partial charge in [-0.1, -0.05) is 24.3 Å². The van der Waals surface area contributed by atoms with Gasteiger partial charge in [0.05, 0.1) is 13.2 Å². The van der Waals surface area contributed by atoms with Crippen LogP contribution in [0.3, 0.4) is 0 Å². The highest BCUT2D eigenvalue weighted by Crippen LogP contribution is 2.20. The second-order valence-corrected chi connectivity index (χ2v) is 6.28. The summed E-state index contributed by atoms with van der Waals surface area (Å²) in [5, 5.41) is 3.31. The Hall–Kier alpha value is -2.85. The van der Waals surface area contributed by atoms with Crippen molar-refractivity contribution in [3.05, 3.63) is 70.8 Å². The smallest absolute Gasteiger partial charge is 0.187 e. The van der Waals surface area contributed by atoms with Crippen LogP contribution in [0.1, 0.15) is 25.0 Å². The van der Waals surface area contributed by atoms with Crippen molar-refractivity contribution in [1.29, 1.82) is 0 Å². The van der Waals surface area contributed by atoms with Crippen LogP contribution in [0.5, 0.6) is 11.5 Å². The molecule has 0 aromatic heterocycles. The number of Topliss-reactive ketones (excluding diaryl/α,β-unsaturated/α-hetero) is 1. The molecule has 1 saturated heterocycles. The molecule has 27 heavy (non-hydrogen) atoms. The summed E-state index contributed by atoms with van der Waals surface area (Å²) in [5.74, 6) is 1.77. The molecule has 1 aliphatic rings. The van der Waals surface area contributed by atoms with Crippen molar-refractivity contribution in [2.75, 3.05) is 26.3 Å². The SMILES string of the molecule is CCOc1ccc(/C=C2\CNC/C(=C\c3ccc(OCC)cc3)C2=O)cc1. The molecule has 1 N–H and O–H groups in total. The molecule has 0 atom stereocenters. The molecule has 0 spiro atoms. The number of nitrogens with one attached hydrogen (secondary N) is 1. The lowest BCUT2D eigenvalue weighted by Crippen LogP contribution is -2.32. The predicted octanol–water partition coefficient (Wildman–Crippen LogP) is 4.12. The molecule has 0 saturated carbocycles. The van der Waals surface area contributed by atoms with Gasteiger partial charge in [0.1, 0.15) is 11.5 Å². The first kappa shape index (κ1) is 18.9. The second-order valence-electron chi connectivity index (χ2n) is 6.28. The highest BCUT2D eigenvalue weighted by molar-refractivity contribution is 6.14. The van der Waals surface area contributed by atoms with Crippen LogP contribution in [0.25, 0.3) is 12.2 Å². The summed E-state index contributed by atoms with van der Waals surface area (Å²) >= 11 is 0. The highest BCUT2D eigenvalue weighted by atomic mass is 16.5. The summed E-state index contributed by atoms with van der Waals surface area (Å²) in [4.78, 5) is 12.8. The van der Waals surface area contributed by atoms with E-state index >= 15 is 0 Å². The Morgan fingerprint density at radius 2 is 1.19 bits per heavy atom. The van der Waals surface area contributed by atoms with Gasteiger partial charge in [-0.15, -0.1) is 0 Å². The number of rotatable bonds is 6. The van der Waals surface area contributed by atoms with Crippen molar-refractivity contribution in [3.8, 4) is 11.5 Å². The number of benzene rings is 2. The number of ether oxygens (including phenoxy) is 2. The van der Waals surface area contributed by atoms with Gasteiger partial charge >= 0.3 is 0 Å². The number of hydrogen-bond acceptors (Lipinski definition) is 4. The minimum Gasteiger partial charge on any atom is -0.494 e. The van der Waals surface area contributed by atoms with Crippen LogP contribution in [-0.2, 0) is 4.79 Å². The molecule has 1 heterocycles. The average molecular weight is 363 g/mol. The second kappa shape index (κ2) is 9.19. The quantitative estimate of drug-likeness (QED) is 0.784. The first-order chi connectivity index (χ1) is 13.2. The standard InChI is InChI=1S/C23H25NO3/c1-3-26-21-9-5-17(6-10-21)13-19-15-24-16-20(23(19)25)14-18-7-11-22(12-8-18)27-4-2/h5-14,24H,3-4,15-16H2,1-2H3/b19-13+,20-14+. The Morgan fingerprint density at radius 3 is 1.56 bits per heavy atom. The lowest BCUT2D eigenvalue weighted by Gasteiger charge is -2.18. The molecule has 1 fully saturated rings. The van der Waals surface area contributed by atoms with Crippen LogP contribution in [0.15, 0.2) is 59.7 Å². The minimum atomic E-state index is 0.0940. The van der Waals surface area contributed by atoms with Crippen LogP contribution in [0.4, 0.5) is 0 Å². The Bertz CT molecular complexity index is 763. The maximum atomic E-state index is 12.8. The molecule has 0 aliphatic carbocycles. The number of carbonyl (C=O) groups is 1. The summed E-state index contributed by atoms with van der Waals surface area (Å²) in [5.41, 5.74) is 3.52. The molecule has 0 radical (unpaired) electrons. The molecule has 0 amide bonds. The van der Waals surface area contributed by atoms with Gasteiger partial charge in [-0.05, 0) is 61.4 Å². The van der Waals surface area contributed by atoms with E-state index in [4.69, 9.17) is 9.47 Å². The summed E-state index contributed by atoms with van der Waals surface area (Å²) in [7, 11) is 0. The summed E-state index contributed by atoms with van der Waals surface area (Å²) in [6.07, 6.45) is 3.88. The molecule has 1 aliphatic heterocycles. The summed E-state index contributed by atoms with van der Waals surface area (Å²) < 4.78 is 10.9. The van der Waals surface area contributed by atoms with Crippen LogP contribution < -0.4 is 14.8 Å². The van der Waals surface area contributed by atoms with Gasteiger partial charge in [0.15, 0.2) is 5.78 Å². The van der Waals surface area contributed by atoms with Gasteiger partial charge in [-0.25, -0.2) is 0 Å². The highest BCUT2D eigenvalue weighted by Gasteiger charge is 2.20. The molecule has 2 aromatic carbocycles. The third kappa shape index (κ3) is 5.08. The molecule has 4 heteroatoms. The lowest BCUT2D eigenvalue weighted by atomic mass is 9.95. The lowest BCUT2D eigenvalue weighted by molar-refractivity contribution is -0.112. The van der Waals surface area contributed by atoms with Gasteiger partial charge in [0.2, 0.25) is 0 Å². The fourth-order valence-electron chi connectivity index (χ4n) is 2.99. The van der Waals surface area contributed by atoms with Gasteiger partial charge in [-0.2, -0.15) is 0 Å². The fourth-order valence-corrected chi connectivity index (χ4v) is 2.99. The number of carbonyl (C=O) groups excluding carboxylic acids is 1. The molecule has 3 rings (SSSR count). The number of ketones is 1. The first-order valence-corrected chi connectivity index (χ1v) is 9.32. The summed E-state index contributed by atoms with van der Waals surface area (Å²) in [6.45, 7) is 6.35. The molecule has 0 bridgehead atoms. The van der Waals surface area contributed by atoms with Crippen molar-refractivity contribution in [1.82, 2.24) is 5.32 Å². The first-order valence-electron chi connectivity index (χ1n) is 9.32. The van der Waals surface area contributed by atoms with E-state index in [1.54, 1.807) is 0 Å². The predicted molar refractivity (Wildman–Crippen MR) is 109 cm³/mol. The van der Waals surface area contributed by atoms with E-state index in [9.17, 15) is 4.79 Å². The normalized spacial score (nSPS) is 17.3. The van der Waals surface area contributed by atoms with Gasteiger partial charge in [-0.3, -0.25) is 4.79 Å². The van der Waals surface area contributed by atoms with Crippen molar-refractivity contribution < 1.29 is 14.3 Å². The van der Waals surface area contributed by atoms with Crippen LogP contribution in [-0.4, -0.2) is 32.1 Å². The number of hydrogen-bond donors (Lipinski definition) is 1. The van der Waals surface area contributed by atoms with Gasteiger partial charge in [0.25, 0.3) is 0 Å². The maximum Gasteiger partial charge on any atom is 0.187 e. The van der Waals surface area contributed by atoms with Crippen LogP contribution in [0, 0.1) is 0 Å². The third-order valence-electron chi connectivity index (χ3n) is 4.28. The van der Waals surface area contributed by atoms with Crippen LogP contribution in [0.2, 0.25) is 0 Å². The van der Waals surface area contributed by atoms with E-state index in [0.29, 0.717) is 26.3 Å². The van der Waals surface area contributed by atoms with E-state index in [1.165, 1.54) is 0 Å². The topological polar surface area (TPSA) is 47.6 Å². The van der Waals surface area contributed by atoms with Crippen molar-refractivity contribution >= 4 is 17.9 Å². The molecular formula is C23H25NO3. The Kier molecular flexibility index (Phi) is 6.44. The van der Waals surface area contributed by atoms with Crippen molar-refractivity contribution in [3.63, 3.8) is 0 Å². The van der Waals surface area contributed by atoms with E-state index < -0.39 is 0 Å². The van der Waals surface area contributed by atoms with E-state index in [0.717, 1.165) is 33.8 Å². The van der Waals surface area contributed by atoms with E-state index in [2.05, 4.69) is 5.32 Å². The molecule has 140 valence electrons. The van der Waals surface area contributed by atoms with Crippen LogP contribution >= 0.6 is 0 Å². The molecular weight excluding hydrogens is 338 g/mol. The van der Waals surface area contributed by atoms with Crippen molar-refractivity contribution in [2.24, 2.45) is 0 Å². The molecule has 0 unspecified atom stereocenters. The Balaban J connectivity index is 1.76. The fraction of sp³-hybridized carbons (Fsp3) is 0.261. The summed E-state index contributed by atoms with van der Waals surface area (Å²) in [6, 6.07) is 15.6. The zero-order valence-electron chi connectivity index (χ0n) is 15.8. The molecule has 4 nitrogen and oxygen atoms in total. The van der Waals surface area contributed by atoms with Gasteiger partial charge in [0, 0.05) is 24.2 Å². The van der Waals surface area contributed by atoms with Crippen molar-refractivity contribution in [2.45, 2.75) is 13.8 Å². The monoisotopic (exact) mass is 363 g/mol. The molecule has 2 aromatic rings. The van der Waals surface area contributed by atoms with Gasteiger partial charge < -0.3 is 14.8 Å². The van der Waals surface area contributed by atoms with E-state index in [1.807, 2.05) is 74.5 Å². The zero-order chi connectivity index (χ0) is 19.1. The maximum absolute atomic E-state index is 12.8. The average Bonchev–Trinajstić information content (AvgIpc) is 2.68.